The summed E-state index contributed by atoms with van der Waals surface area (Å²) in [5.41, 5.74) is 0.217. The van der Waals surface area contributed by atoms with E-state index in [1.54, 1.807) is 22.6 Å². The topological polar surface area (TPSA) is 42.4 Å². The molecule has 0 bridgehead atoms. The predicted molar refractivity (Wildman–Crippen MR) is 54.9 cm³/mol. The molecule has 0 saturated heterocycles. The molecule has 1 rings (SSSR count). The summed E-state index contributed by atoms with van der Waals surface area (Å²) in [4.78, 5) is 3.44. The van der Waals surface area contributed by atoms with Crippen LogP contribution in [0.1, 0.15) is 5.69 Å². The highest BCUT2D eigenvalue weighted by Crippen LogP contribution is 2.31. The van der Waals surface area contributed by atoms with E-state index in [1.165, 1.54) is 0 Å². The molecule has 15 heavy (non-hydrogen) atoms. The second kappa shape index (κ2) is 4.60. The molecule has 0 atom stereocenters. The number of rotatable bonds is 2. The summed E-state index contributed by atoms with van der Waals surface area (Å²) >= 11 is 7.24. The molecule has 1 N–H and O–H groups in total. The van der Waals surface area contributed by atoms with Gasteiger partial charge in [-0.25, -0.2) is 4.98 Å². The Morgan fingerprint density at radius 1 is 1.53 bits per heavy atom. The molecule has 1 aromatic heterocycles. The van der Waals surface area contributed by atoms with E-state index < -0.39 is 18.0 Å². The number of alkyl halides is 4. The first-order valence-corrected chi connectivity index (χ1v) is 5.15. The van der Waals surface area contributed by atoms with Crippen molar-refractivity contribution in [2.24, 2.45) is 0 Å². The molecular weight excluding hydrogens is 349 g/mol. The zero-order chi connectivity index (χ0) is 11.6. The lowest BCUT2D eigenvalue weighted by atomic mass is 10.3. The van der Waals surface area contributed by atoms with E-state index in [1.807, 2.05) is 0 Å². The summed E-state index contributed by atoms with van der Waals surface area (Å²) in [6.45, 7) is 0. The van der Waals surface area contributed by atoms with E-state index >= 15 is 0 Å². The normalized spacial score (nSPS) is 11.5. The van der Waals surface area contributed by atoms with Crippen LogP contribution < -0.4 is 4.74 Å². The van der Waals surface area contributed by atoms with Crippen LogP contribution in [0, 0.1) is 3.57 Å². The first kappa shape index (κ1) is 12.6. The van der Waals surface area contributed by atoms with E-state index in [0.29, 0.717) is 3.57 Å². The third kappa shape index (κ3) is 3.56. The van der Waals surface area contributed by atoms with Crippen LogP contribution >= 0.6 is 34.2 Å². The van der Waals surface area contributed by atoms with Gasteiger partial charge in [0.1, 0.15) is 0 Å². The van der Waals surface area contributed by atoms with Gasteiger partial charge in [0.05, 0.1) is 11.6 Å². The van der Waals surface area contributed by atoms with Gasteiger partial charge in [-0.05, 0) is 22.6 Å². The third-order valence-electron chi connectivity index (χ3n) is 1.33. The average Bonchev–Trinajstić information content (AvgIpc) is 2.07. The second-order valence-corrected chi connectivity index (χ2v) is 3.85. The molecule has 0 aliphatic heterocycles. The average molecular weight is 353 g/mol. The van der Waals surface area contributed by atoms with Crippen molar-refractivity contribution in [3.63, 3.8) is 0 Å². The maximum absolute atomic E-state index is 11.8. The summed E-state index contributed by atoms with van der Waals surface area (Å²) in [7, 11) is 0. The van der Waals surface area contributed by atoms with Crippen molar-refractivity contribution in [3.8, 4) is 11.6 Å². The number of ether oxygens (including phenoxy) is 1. The van der Waals surface area contributed by atoms with E-state index in [0.717, 1.165) is 6.07 Å². The van der Waals surface area contributed by atoms with Crippen LogP contribution in [-0.4, -0.2) is 16.5 Å². The highest BCUT2D eigenvalue weighted by atomic mass is 127. The predicted octanol–water partition coefficient (Wildman–Crippen LogP) is 3.03. The largest absolute Gasteiger partial charge is 0.574 e. The number of aromatic hydroxyl groups is 1. The Morgan fingerprint density at radius 3 is 2.60 bits per heavy atom. The van der Waals surface area contributed by atoms with Crippen LogP contribution in [0.15, 0.2) is 6.07 Å². The van der Waals surface area contributed by atoms with Crippen LogP contribution in [0.2, 0.25) is 0 Å². The van der Waals surface area contributed by atoms with Crippen molar-refractivity contribution in [2.75, 3.05) is 0 Å². The number of hydrogen-bond donors (Lipinski definition) is 1. The van der Waals surface area contributed by atoms with Gasteiger partial charge in [0.25, 0.3) is 5.88 Å². The number of pyridine rings is 1. The Bertz CT molecular complexity index is 372. The van der Waals surface area contributed by atoms with Crippen molar-refractivity contribution in [1.29, 1.82) is 0 Å². The van der Waals surface area contributed by atoms with Gasteiger partial charge in [0, 0.05) is 9.64 Å². The van der Waals surface area contributed by atoms with Gasteiger partial charge < -0.3 is 9.84 Å². The van der Waals surface area contributed by atoms with Crippen LogP contribution in [0.3, 0.4) is 0 Å². The Morgan fingerprint density at radius 2 is 2.13 bits per heavy atom. The summed E-state index contributed by atoms with van der Waals surface area (Å²) in [6, 6.07) is 1.10. The highest BCUT2D eigenvalue weighted by molar-refractivity contribution is 14.1. The lowest BCUT2D eigenvalue weighted by molar-refractivity contribution is -0.276. The molecule has 0 aromatic carbocycles. The van der Waals surface area contributed by atoms with Gasteiger partial charge in [0.2, 0.25) is 0 Å². The van der Waals surface area contributed by atoms with Gasteiger partial charge in [0.15, 0.2) is 5.75 Å². The lowest BCUT2D eigenvalue weighted by Gasteiger charge is -2.10. The summed E-state index contributed by atoms with van der Waals surface area (Å²) < 4.78 is 39.5. The molecule has 8 heteroatoms. The lowest BCUT2D eigenvalue weighted by Crippen LogP contribution is -2.18. The molecule has 84 valence electrons. The van der Waals surface area contributed by atoms with Crippen LogP contribution in [0.25, 0.3) is 0 Å². The van der Waals surface area contributed by atoms with Crippen molar-refractivity contribution < 1.29 is 23.0 Å². The second-order valence-electron chi connectivity index (χ2n) is 2.42. The number of nitrogens with zero attached hydrogens (tertiary/aromatic N) is 1. The zero-order valence-corrected chi connectivity index (χ0v) is 9.89. The fourth-order valence-corrected chi connectivity index (χ4v) is 1.81. The van der Waals surface area contributed by atoms with Gasteiger partial charge in [-0.3, -0.25) is 0 Å². The molecule has 0 saturated carbocycles. The first-order valence-electron chi connectivity index (χ1n) is 3.53. The molecule has 0 unspecified atom stereocenters. The molecule has 0 fully saturated rings. The standard InChI is InChI=1S/C7H4ClF3INO2/c8-2-4-3(12)1-5(14)6(13-4)15-7(9,10)11/h1,14H,2H2. The van der Waals surface area contributed by atoms with Crippen molar-refractivity contribution in [2.45, 2.75) is 12.2 Å². The van der Waals surface area contributed by atoms with Gasteiger partial charge >= 0.3 is 6.36 Å². The Hall–Kier alpha value is -0.440. The van der Waals surface area contributed by atoms with Crippen molar-refractivity contribution >= 4 is 34.2 Å². The third-order valence-corrected chi connectivity index (χ3v) is 2.52. The minimum atomic E-state index is -4.89. The molecule has 1 aromatic rings. The number of hydrogen-bond acceptors (Lipinski definition) is 3. The first-order chi connectivity index (χ1) is 6.83. The van der Waals surface area contributed by atoms with Crippen molar-refractivity contribution in [3.05, 3.63) is 15.3 Å². The van der Waals surface area contributed by atoms with Crippen LogP contribution in [0.5, 0.6) is 11.6 Å². The molecule has 0 spiro atoms. The summed E-state index contributed by atoms with van der Waals surface area (Å²) in [5.74, 6) is -1.63. The molecule has 3 nitrogen and oxygen atoms in total. The van der Waals surface area contributed by atoms with E-state index in [4.69, 9.17) is 16.7 Å². The molecule has 1 heterocycles. The Kier molecular flexibility index (Phi) is 3.87. The van der Waals surface area contributed by atoms with E-state index in [-0.39, 0.29) is 11.6 Å². The molecule has 0 aliphatic carbocycles. The zero-order valence-electron chi connectivity index (χ0n) is 6.98. The monoisotopic (exact) mass is 353 g/mol. The minimum absolute atomic E-state index is 0.0627. The van der Waals surface area contributed by atoms with Gasteiger partial charge in [-0.2, -0.15) is 0 Å². The summed E-state index contributed by atoms with van der Waals surface area (Å²) in [6.07, 6.45) is -4.89. The fraction of sp³-hybridized carbons (Fsp3) is 0.286. The number of halogens is 5. The van der Waals surface area contributed by atoms with E-state index in [2.05, 4.69) is 9.72 Å². The van der Waals surface area contributed by atoms with Crippen molar-refractivity contribution in [1.82, 2.24) is 4.98 Å². The molecule has 0 amide bonds. The minimum Gasteiger partial charge on any atom is -0.503 e. The maximum Gasteiger partial charge on any atom is 0.574 e. The maximum atomic E-state index is 11.8. The van der Waals surface area contributed by atoms with Gasteiger partial charge in [-0.1, -0.05) is 0 Å². The molecular formula is C7H4ClF3INO2. The fourth-order valence-electron chi connectivity index (χ4n) is 0.777. The quantitative estimate of drug-likeness (QED) is 0.656. The smallest absolute Gasteiger partial charge is 0.503 e. The number of aromatic nitrogens is 1. The SMILES string of the molecule is Oc1cc(I)c(CCl)nc1OC(F)(F)F. The van der Waals surface area contributed by atoms with E-state index in [9.17, 15) is 13.2 Å². The highest BCUT2D eigenvalue weighted by Gasteiger charge is 2.33. The Labute approximate surface area is 101 Å². The Balaban J connectivity index is 3.08. The van der Waals surface area contributed by atoms with Crippen LogP contribution in [0.4, 0.5) is 13.2 Å². The molecule has 0 aliphatic rings. The summed E-state index contributed by atoms with van der Waals surface area (Å²) in [5, 5.41) is 9.14. The van der Waals surface area contributed by atoms with Gasteiger partial charge in [-0.15, -0.1) is 24.8 Å². The molecule has 0 radical (unpaired) electrons. The van der Waals surface area contributed by atoms with Crippen LogP contribution in [-0.2, 0) is 5.88 Å².